The van der Waals surface area contributed by atoms with Crippen LogP contribution in [0.4, 0.5) is 5.69 Å². The number of benzene rings is 1. The summed E-state index contributed by atoms with van der Waals surface area (Å²) in [6, 6.07) is 6.84. The number of piperazine rings is 1. The molecule has 0 spiro atoms. The van der Waals surface area contributed by atoms with Crippen molar-refractivity contribution in [3.8, 4) is 0 Å². The van der Waals surface area contributed by atoms with Crippen molar-refractivity contribution in [3.63, 3.8) is 0 Å². The number of nitrogens with zero attached hydrogens (tertiary/aromatic N) is 3. The maximum atomic E-state index is 12.2. The van der Waals surface area contributed by atoms with Crippen molar-refractivity contribution < 1.29 is 8.42 Å². The highest BCUT2D eigenvalue weighted by Crippen LogP contribution is 2.27. The van der Waals surface area contributed by atoms with Crippen LogP contribution >= 0.6 is 12.6 Å². The number of hydrogen-bond donors (Lipinski definition) is 2. The van der Waals surface area contributed by atoms with Gasteiger partial charge in [0.15, 0.2) is 0 Å². The fourth-order valence-electron chi connectivity index (χ4n) is 2.55. The second-order valence-corrected chi connectivity index (χ2v) is 7.49. The number of guanidine groups is 1. The fraction of sp³-hybridized carbons (Fsp3) is 0.462. The molecule has 1 fully saturated rings. The van der Waals surface area contributed by atoms with E-state index in [9.17, 15) is 8.42 Å². The first-order valence-electron chi connectivity index (χ1n) is 6.85. The molecule has 8 heteroatoms. The molecule has 0 aliphatic carbocycles. The third kappa shape index (κ3) is 2.88. The Morgan fingerprint density at radius 3 is 2.57 bits per heavy atom. The number of nitrogens with one attached hydrogen (secondary N) is 1. The third-order valence-electron chi connectivity index (χ3n) is 3.76. The van der Waals surface area contributed by atoms with Gasteiger partial charge in [0.05, 0.1) is 11.1 Å². The number of thiol groups is 1. The van der Waals surface area contributed by atoms with Crippen LogP contribution in [0.1, 0.15) is 6.92 Å². The van der Waals surface area contributed by atoms with E-state index >= 15 is 0 Å². The summed E-state index contributed by atoms with van der Waals surface area (Å²) in [6.07, 6.45) is 0. The lowest BCUT2D eigenvalue weighted by Gasteiger charge is -2.38. The normalized spacial score (nSPS) is 23.0. The van der Waals surface area contributed by atoms with E-state index in [4.69, 9.17) is 0 Å². The average Bonchev–Trinajstić information content (AvgIpc) is 2.46. The smallest absolute Gasteiger partial charge is 0.287 e. The van der Waals surface area contributed by atoms with Crippen LogP contribution in [0.3, 0.4) is 0 Å². The molecule has 1 aromatic carbocycles. The summed E-state index contributed by atoms with van der Waals surface area (Å²) in [6.45, 7) is 5.18. The highest BCUT2D eigenvalue weighted by molar-refractivity contribution is 7.90. The number of anilines is 1. The molecule has 1 saturated heterocycles. The van der Waals surface area contributed by atoms with Crippen LogP contribution in [-0.4, -0.2) is 55.7 Å². The molecule has 114 valence electrons. The van der Waals surface area contributed by atoms with Crippen molar-refractivity contribution in [3.05, 3.63) is 24.3 Å². The van der Waals surface area contributed by atoms with Gasteiger partial charge < -0.3 is 10.2 Å². The summed E-state index contributed by atoms with van der Waals surface area (Å²) in [5, 5.41) is 3.33. The van der Waals surface area contributed by atoms with Gasteiger partial charge in [0.1, 0.15) is 4.90 Å². The molecule has 2 aliphatic heterocycles. The van der Waals surface area contributed by atoms with E-state index < -0.39 is 10.0 Å². The highest BCUT2D eigenvalue weighted by Gasteiger charge is 2.29. The van der Waals surface area contributed by atoms with Crippen LogP contribution < -0.4 is 5.32 Å². The maximum absolute atomic E-state index is 12.2. The van der Waals surface area contributed by atoms with E-state index in [1.165, 1.54) is 0 Å². The van der Waals surface area contributed by atoms with E-state index in [0.29, 0.717) is 11.6 Å². The van der Waals surface area contributed by atoms with E-state index in [1.807, 2.05) is 17.9 Å². The number of fused-ring (bicyclic) bond motifs is 1. The molecule has 0 saturated carbocycles. The van der Waals surface area contributed by atoms with Gasteiger partial charge in [-0.2, -0.15) is 21.0 Å². The number of para-hydroxylation sites is 1. The third-order valence-corrected chi connectivity index (χ3v) is 5.41. The zero-order valence-corrected chi connectivity index (χ0v) is 13.4. The van der Waals surface area contributed by atoms with Crippen LogP contribution in [0, 0.1) is 0 Å². The number of rotatable bonds is 1. The molecular formula is C13H18N4O2S2. The highest BCUT2D eigenvalue weighted by atomic mass is 32.2. The van der Waals surface area contributed by atoms with Crippen LogP contribution in [0.2, 0.25) is 0 Å². The lowest BCUT2D eigenvalue weighted by atomic mass is 10.3. The van der Waals surface area contributed by atoms with E-state index in [-0.39, 0.29) is 10.3 Å². The first-order valence-corrected chi connectivity index (χ1v) is 8.81. The minimum Gasteiger partial charge on any atom is -0.339 e. The van der Waals surface area contributed by atoms with Gasteiger partial charge in [0, 0.05) is 26.2 Å². The average molecular weight is 326 g/mol. The first kappa shape index (κ1) is 14.7. The topological polar surface area (TPSA) is 65.0 Å². The van der Waals surface area contributed by atoms with Gasteiger partial charge in [-0.15, -0.1) is 4.40 Å². The molecule has 21 heavy (non-hydrogen) atoms. The number of sulfonamides is 1. The van der Waals surface area contributed by atoms with E-state index in [1.54, 1.807) is 18.2 Å². The molecule has 6 nitrogen and oxygen atoms in total. The van der Waals surface area contributed by atoms with Crippen LogP contribution in [-0.2, 0) is 10.0 Å². The van der Waals surface area contributed by atoms with Gasteiger partial charge in [-0.1, -0.05) is 12.1 Å². The Morgan fingerprint density at radius 2 is 1.90 bits per heavy atom. The summed E-state index contributed by atoms with van der Waals surface area (Å²) in [5.41, 5.74) is 0.590. The van der Waals surface area contributed by atoms with Crippen LogP contribution in [0.25, 0.3) is 0 Å². The lowest BCUT2D eigenvalue weighted by molar-refractivity contribution is 0.177. The van der Waals surface area contributed by atoms with E-state index in [0.717, 1.165) is 26.2 Å². The second kappa shape index (κ2) is 5.51. The molecule has 0 amide bonds. The van der Waals surface area contributed by atoms with Gasteiger partial charge >= 0.3 is 0 Å². The summed E-state index contributed by atoms with van der Waals surface area (Å²) in [7, 11) is -3.62. The molecule has 0 radical (unpaired) electrons. The Labute approximate surface area is 130 Å². The number of hydrogen-bond acceptors (Lipinski definition) is 6. The molecular weight excluding hydrogens is 308 g/mol. The minimum atomic E-state index is -3.62. The first-order chi connectivity index (χ1) is 9.97. The van der Waals surface area contributed by atoms with Crippen LogP contribution in [0.15, 0.2) is 33.6 Å². The molecule has 2 heterocycles. The van der Waals surface area contributed by atoms with Gasteiger partial charge in [-0.3, -0.25) is 4.90 Å². The predicted octanol–water partition coefficient (Wildman–Crippen LogP) is 1.05. The van der Waals surface area contributed by atoms with Gasteiger partial charge in [0.25, 0.3) is 10.0 Å². The predicted molar refractivity (Wildman–Crippen MR) is 86.3 cm³/mol. The molecule has 1 aromatic rings. The summed E-state index contributed by atoms with van der Waals surface area (Å²) in [5.74, 6) is 0.417. The zero-order valence-electron chi connectivity index (χ0n) is 11.7. The van der Waals surface area contributed by atoms with Gasteiger partial charge in [0.2, 0.25) is 5.96 Å². The Morgan fingerprint density at radius 1 is 1.24 bits per heavy atom. The van der Waals surface area contributed by atoms with Crippen molar-refractivity contribution in [1.29, 1.82) is 0 Å². The molecule has 0 aromatic heterocycles. The second-order valence-electron chi connectivity index (χ2n) is 5.17. The van der Waals surface area contributed by atoms with Crippen LogP contribution in [0.5, 0.6) is 0 Å². The van der Waals surface area contributed by atoms with Gasteiger partial charge in [-0.05, 0) is 19.1 Å². The van der Waals surface area contributed by atoms with E-state index in [2.05, 4.69) is 27.2 Å². The molecule has 3 rings (SSSR count). The summed E-state index contributed by atoms with van der Waals surface area (Å²) in [4.78, 5) is 4.45. The molecule has 1 N–H and O–H groups in total. The summed E-state index contributed by atoms with van der Waals surface area (Å²) >= 11 is 4.43. The standard InChI is InChI=1S/C13H18N4O2S2/c1-10(20)16-6-8-17(9-7-16)13-14-11-4-2-3-5-12(11)21(18,19)15-13/h2-5,10,20H,6-9H2,1H3,(H,14,15). The Kier molecular flexibility index (Phi) is 3.85. The van der Waals surface area contributed by atoms with Crippen molar-refractivity contribution in [2.45, 2.75) is 17.2 Å². The lowest BCUT2D eigenvalue weighted by Crippen LogP contribution is -2.52. The molecule has 2 aliphatic rings. The van der Waals surface area contributed by atoms with Crippen molar-refractivity contribution >= 4 is 34.3 Å². The molecule has 1 atom stereocenters. The Hall–Kier alpha value is -1.25. The SMILES string of the molecule is CC(S)N1CCN(C2=NS(=O)(=O)c3ccccc3N2)CC1. The largest absolute Gasteiger partial charge is 0.339 e. The molecule has 1 unspecified atom stereocenters. The Balaban J connectivity index is 1.81. The van der Waals surface area contributed by atoms with Crippen molar-refractivity contribution in [1.82, 2.24) is 9.80 Å². The quantitative estimate of drug-likeness (QED) is 0.755. The zero-order chi connectivity index (χ0) is 15.0. The fourth-order valence-corrected chi connectivity index (χ4v) is 3.91. The maximum Gasteiger partial charge on any atom is 0.287 e. The summed E-state index contributed by atoms with van der Waals surface area (Å²) < 4.78 is 28.4. The molecule has 0 bridgehead atoms. The monoisotopic (exact) mass is 326 g/mol. The van der Waals surface area contributed by atoms with Crippen molar-refractivity contribution in [2.24, 2.45) is 4.40 Å². The minimum absolute atomic E-state index is 0.206. The Bertz CT molecular complexity index is 665. The van der Waals surface area contributed by atoms with Crippen molar-refractivity contribution in [2.75, 3.05) is 31.5 Å². The van der Waals surface area contributed by atoms with Gasteiger partial charge in [-0.25, -0.2) is 0 Å².